The molecular formula is C21H30F2N4O. The van der Waals surface area contributed by atoms with Crippen LogP contribution < -0.4 is 5.32 Å². The molecule has 1 aromatic carbocycles. The number of aromatic nitrogens is 2. The summed E-state index contributed by atoms with van der Waals surface area (Å²) >= 11 is 0. The maximum Gasteiger partial charge on any atom is 0.319 e. The molecule has 2 amide bonds. The van der Waals surface area contributed by atoms with Gasteiger partial charge in [0.2, 0.25) is 0 Å². The quantitative estimate of drug-likeness (QED) is 0.660. The Hall–Kier alpha value is -2.44. The largest absolute Gasteiger partial charge is 0.331 e. The van der Waals surface area contributed by atoms with Crippen LogP contribution in [0.5, 0.6) is 0 Å². The van der Waals surface area contributed by atoms with Gasteiger partial charge in [-0.1, -0.05) is 52.0 Å². The Morgan fingerprint density at radius 3 is 2.32 bits per heavy atom. The molecule has 0 bridgehead atoms. The molecule has 2 atom stereocenters. The van der Waals surface area contributed by atoms with E-state index in [-0.39, 0.29) is 30.4 Å². The molecule has 0 aliphatic rings. The van der Waals surface area contributed by atoms with Crippen molar-refractivity contribution in [1.29, 1.82) is 0 Å². The zero-order valence-electron chi connectivity index (χ0n) is 17.2. The van der Waals surface area contributed by atoms with Crippen LogP contribution in [0.3, 0.4) is 0 Å². The molecule has 1 heterocycles. The summed E-state index contributed by atoms with van der Waals surface area (Å²) in [7, 11) is 1.57. The number of hydrogen-bond acceptors (Lipinski definition) is 2. The van der Waals surface area contributed by atoms with Crippen molar-refractivity contribution in [2.75, 3.05) is 7.05 Å². The molecule has 2 rings (SSSR count). The van der Waals surface area contributed by atoms with Crippen LogP contribution in [-0.2, 0) is 6.54 Å². The SMILES string of the molecule is CCC(C)c1ccc(C(NC(=O)N(C)Cc2nccn2C(F)F)C(C)C)cc1. The maximum absolute atomic E-state index is 13.0. The van der Waals surface area contributed by atoms with Crippen LogP contribution in [-0.4, -0.2) is 27.5 Å². The third-order valence-corrected chi connectivity index (χ3v) is 5.11. The van der Waals surface area contributed by atoms with E-state index in [4.69, 9.17) is 0 Å². The lowest BCUT2D eigenvalue weighted by molar-refractivity contribution is 0.0650. The van der Waals surface area contributed by atoms with E-state index >= 15 is 0 Å². The Kier molecular flexibility index (Phi) is 7.54. The molecule has 0 aliphatic carbocycles. The maximum atomic E-state index is 13.0. The summed E-state index contributed by atoms with van der Waals surface area (Å²) in [5, 5.41) is 3.02. The lowest BCUT2D eigenvalue weighted by Crippen LogP contribution is -2.41. The minimum Gasteiger partial charge on any atom is -0.331 e. The highest BCUT2D eigenvalue weighted by atomic mass is 19.3. The van der Waals surface area contributed by atoms with Crippen molar-refractivity contribution < 1.29 is 13.6 Å². The minimum atomic E-state index is -2.68. The predicted molar refractivity (Wildman–Crippen MR) is 106 cm³/mol. The molecule has 28 heavy (non-hydrogen) atoms. The number of halogens is 2. The van der Waals surface area contributed by atoms with E-state index in [0.717, 1.165) is 16.6 Å². The van der Waals surface area contributed by atoms with Gasteiger partial charge >= 0.3 is 12.6 Å². The molecule has 0 radical (unpaired) electrons. The van der Waals surface area contributed by atoms with Gasteiger partial charge in [-0.2, -0.15) is 8.78 Å². The number of amides is 2. The highest BCUT2D eigenvalue weighted by Gasteiger charge is 2.22. The Labute approximate surface area is 165 Å². The Morgan fingerprint density at radius 1 is 1.18 bits per heavy atom. The summed E-state index contributed by atoms with van der Waals surface area (Å²) in [5.74, 6) is 0.812. The molecule has 0 saturated carbocycles. The van der Waals surface area contributed by atoms with Crippen molar-refractivity contribution in [3.63, 3.8) is 0 Å². The first-order chi connectivity index (χ1) is 13.2. The molecular weight excluding hydrogens is 362 g/mol. The molecule has 0 fully saturated rings. The predicted octanol–water partition coefficient (Wildman–Crippen LogP) is 5.33. The van der Waals surface area contributed by atoms with Crippen LogP contribution in [0.4, 0.5) is 13.6 Å². The monoisotopic (exact) mass is 392 g/mol. The van der Waals surface area contributed by atoms with Crippen molar-refractivity contribution in [1.82, 2.24) is 19.8 Å². The fraction of sp³-hybridized carbons (Fsp3) is 0.524. The number of urea groups is 1. The van der Waals surface area contributed by atoms with Crippen molar-refractivity contribution in [2.45, 2.75) is 59.2 Å². The third kappa shape index (κ3) is 5.30. The molecule has 7 heteroatoms. The summed E-state index contributed by atoms with van der Waals surface area (Å²) < 4.78 is 26.7. The summed E-state index contributed by atoms with van der Waals surface area (Å²) in [4.78, 5) is 17.9. The van der Waals surface area contributed by atoms with Crippen molar-refractivity contribution >= 4 is 6.03 Å². The van der Waals surface area contributed by atoms with Gasteiger partial charge in [-0.15, -0.1) is 0 Å². The van der Waals surface area contributed by atoms with Gasteiger partial charge in [0.1, 0.15) is 5.82 Å². The topological polar surface area (TPSA) is 50.2 Å². The molecule has 0 aliphatic heterocycles. The summed E-state index contributed by atoms with van der Waals surface area (Å²) in [6.45, 7) is 5.75. The zero-order chi connectivity index (χ0) is 20.8. The van der Waals surface area contributed by atoms with Gasteiger partial charge in [0, 0.05) is 19.4 Å². The number of imidazole rings is 1. The van der Waals surface area contributed by atoms with Gasteiger partial charge in [0.05, 0.1) is 12.6 Å². The van der Waals surface area contributed by atoms with Gasteiger partial charge in [0.25, 0.3) is 0 Å². The van der Waals surface area contributed by atoms with Gasteiger partial charge in [-0.3, -0.25) is 4.57 Å². The van der Waals surface area contributed by atoms with Crippen molar-refractivity contribution in [3.8, 4) is 0 Å². The first kappa shape index (κ1) is 21.9. The van der Waals surface area contributed by atoms with Gasteiger partial charge in [-0.25, -0.2) is 9.78 Å². The summed E-state index contributed by atoms with van der Waals surface area (Å²) in [5.41, 5.74) is 2.30. The van der Waals surface area contributed by atoms with E-state index in [1.54, 1.807) is 7.05 Å². The zero-order valence-corrected chi connectivity index (χ0v) is 17.2. The lowest BCUT2D eigenvalue weighted by atomic mass is 9.92. The number of carbonyl (C=O) groups is 1. The number of hydrogen-bond donors (Lipinski definition) is 1. The fourth-order valence-corrected chi connectivity index (χ4v) is 3.07. The van der Waals surface area contributed by atoms with E-state index < -0.39 is 6.55 Å². The highest BCUT2D eigenvalue weighted by molar-refractivity contribution is 5.74. The Morgan fingerprint density at radius 2 is 1.79 bits per heavy atom. The Bertz CT molecular complexity index is 758. The van der Waals surface area contributed by atoms with Crippen LogP contribution in [0, 0.1) is 5.92 Å². The third-order valence-electron chi connectivity index (χ3n) is 5.11. The molecule has 1 N–H and O–H groups in total. The molecule has 0 saturated heterocycles. The number of carbonyl (C=O) groups excluding carboxylic acids is 1. The number of benzene rings is 1. The number of rotatable bonds is 8. The first-order valence-electron chi connectivity index (χ1n) is 9.65. The first-order valence-corrected chi connectivity index (χ1v) is 9.65. The van der Waals surface area contributed by atoms with Gasteiger partial charge in [-0.05, 0) is 29.4 Å². The van der Waals surface area contributed by atoms with E-state index in [1.165, 1.54) is 22.9 Å². The van der Waals surface area contributed by atoms with Crippen LogP contribution in [0.2, 0.25) is 0 Å². The number of nitrogens with one attached hydrogen (secondary N) is 1. The second-order valence-corrected chi connectivity index (χ2v) is 7.53. The fourth-order valence-electron chi connectivity index (χ4n) is 3.07. The molecule has 1 aromatic heterocycles. The van der Waals surface area contributed by atoms with E-state index in [1.807, 2.05) is 13.8 Å². The van der Waals surface area contributed by atoms with Crippen LogP contribution in [0.15, 0.2) is 36.7 Å². The second kappa shape index (κ2) is 9.66. The second-order valence-electron chi connectivity index (χ2n) is 7.53. The van der Waals surface area contributed by atoms with E-state index in [9.17, 15) is 13.6 Å². The molecule has 0 spiro atoms. The molecule has 2 unspecified atom stereocenters. The van der Waals surface area contributed by atoms with E-state index in [2.05, 4.69) is 48.4 Å². The lowest BCUT2D eigenvalue weighted by Gasteiger charge is -2.27. The molecule has 154 valence electrons. The van der Waals surface area contributed by atoms with Crippen LogP contribution in [0.25, 0.3) is 0 Å². The minimum absolute atomic E-state index is 0.000934. The Balaban J connectivity index is 2.08. The van der Waals surface area contributed by atoms with Crippen molar-refractivity contribution in [3.05, 3.63) is 53.6 Å². The molecule has 5 nitrogen and oxygen atoms in total. The summed E-state index contributed by atoms with van der Waals surface area (Å²) in [6.07, 6.45) is 3.59. The van der Waals surface area contributed by atoms with Gasteiger partial charge < -0.3 is 10.2 Å². The van der Waals surface area contributed by atoms with Crippen LogP contribution >= 0.6 is 0 Å². The summed E-state index contributed by atoms with van der Waals surface area (Å²) in [6, 6.07) is 7.82. The normalized spacial score (nSPS) is 13.6. The smallest absolute Gasteiger partial charge is 0.319 e. The average Bonchev–Trinajstić information content (AvgIpc) is 3.13. The molecule has 2 aromatic rings. The standard InChI is InChI=1S/C21H30F2N4O/c1-6-15(4)16-7-9-17(10-8-16)19(14(2)3)25-21(28)26(5)13-18-24-11-12-27(18)20(22)23/h7-12,14-15,19-20H,6,13H2,1-5H3,(H,25,28). The van der Waals surface area contributed by atoms with Crippen molar-refractivity contribution in [2.24, 2.45) is 5.92 Å². The number of alkyl halides is 2. The van der Waals surface area contributed by atoms with Gasteiger partial charge in [0.15, 0.2) is 0 Å². The van der Waals surface area contributed by atoms with Crippen LogP contribution in [0.1, 0.15) is 69.6 Å². The average molecular weight is 392 g/mol. The number of nitrogens with zero attached hydrogens (tertiary/aromatic N) is 3. The highest BCUT2D eigenvalue weighted by Crippen LogP contribution is 2.25. The van der Waals surface area contributed by atoms with E-state index in [0.29, 0.717) is 5.92 Å².